The van der Waals surface area contributed by atoms with Crippen molar-refractivity contribution in [2.24, 2.45) is 0 Å². The van der Waals surface area contributed by atoms with Gasteiger partial charge in [0.15, 0.2) is 5.75 Å². The third kappa shape index (κ3) is 2.82. The highest BCUT2D eigenvalue weighted by Gasteiger charge is 2.22. The van der Waals surface area contributed by atoms with E-state index in [2.05, 4.69) is 25.4 Å². The highest BCUT2D eigenvalue weighted by atomic mass is 79.9. The summed E-state index contributed by atoms with van der Waals surface area (Å²) in [7, 11) is 1.13. The summed E-state index contributed by atoms with van der Waals surface area (Å²) in [6.07, 6.45) is 0. The van der Waals surface area contributed by atoms with E-state index in [0.717, 1.165) is 7.11 Å². The van der Waals surface area contributed by atoms with Gasteiger partial charge in [-0.1, -0.05) is 11.6 Å². The molecule has 0 radical (unpaired) electrons. The van der Waals surface area contributed by atoms with E-state index < -0.39 is 18.3 Å². The first kappa shape index (κ1) is 13.2. The average molecular weight is 315 g/mol. The maximum atomic E-state index is 12.1. The predicted octanol–water partition coefficient (Wildman–Crippen LogP) is 3.49. The molecule has 1 rings (SSSR count). The highest BCUT2D eigenvalue weighted by Crippen LogP contribution is 2.35. The van der Waals surface area contributed by atoms with Crippen molar-refractivity contribution < 1.29 is 23.0 Å². The normalized spacial score (nSPS) is 10.4. The van der Waals surface area contributed by atoms with Gasteiger partial charge in [0, 0.05) is 4.47 Å². The molecule has 16 heavy (non-hydrogen) atoms. The molecular formula is C9H6BrClF2O3. The zero-order valence-electron chi connectivity index (χ0n) is 7.97. The van der Waals surface area contributed by atoms with E-state index in [1.807, 2.05) is 0 Å². The molecule has 88 valence electrons. The van der Waals surface area contributed by atoms with Gasteiger partial charge >= 0.3 is 12.6 Å². The molecule has 0 aliphatic carbocycles. The molecule has 0 aliphatic heterocycles. The van der Waals surface area contributed by atoms with Gasteiger partial charge in [0.2, 0.25) is 0 Å². The van der Waals surface area contributed by atoms with Crippen LogP contribution >= 0.6 is 27.5 Å². The molecular weight excluding hydrogens is 309 g/mol. The van der Waals surface area contributed by atoms with Crippen LogP contribution in [0.15, 0.2) is 16.6 Å². The van der Waals surface area contributed by atoms with Crippen molar-refractivity contribution in [3.05, 3.63) is 27.2 Å². The molecule has 0 spiro atoms. The van der Waals surface area contributed by atoms with Crippen LogP contribution in [0.5, 0.6) is 5.75 Å². The number of carbonyl (C=O) groups excluding carboxylic acids is 1. The highest BCUT2D eigenvalue weighted by molar-refractivity contribution is 9.10. The lowest BCUT2D eigenvalue weighted by molar-refractivity contribution is -0.0503. The second kappa shape index (κ2) is 5.45. The van der Waals surface area contributed by atoms with E-state index >= 15 is 0 Å². The number of methoxy groups -OCH3 is 1. The Morgan fingerprint density at radius 1 is 1.50 bits per heavy atom. The van der Waals surface area contributed by atoms with Crippen molar-refractivity contribution in [1.82, 2.24) is 0 Å². The van der Waals surface area contributed by atoms with Gasteiger partial charge in [-0.25, -0.2) is 4.79 Å². The zero-order chi connectivity index (χ0) is 12.3. The Labute approximate surface area is 103 Å². The summed E-state index contributed by atoms with van der Waals surface area (Å²) in [6, 6.07) is 2.77. The summed E-state index contributed by atoms with van der Waals surface area (Å²) >= 11 is 8.69. The first-order chi connectivity index (χ1) is 7.47. The molecule has 1 aromatic rings. The summed E-state index contributed by atoms with van der Waals surface area (Å²) in [6.45, 7) is -3.07. The van der Waals surface area contributed by atoms with Crippen molar-refractivity contribution in [3.8, 4) is 5.75 Å². The molecule has 0 bridgehead atoms. The maximum absolute atomic E-state index is 12.1. The van der Waals surface area contributed by atoms with Crippen LogP contribution in [-0.4, -0.2) is 19.7 Å². The van der Waals surface area contributed by atoms with Crippen molar-refractivity contribution >= 4 is 33.5 Å². The number of hydrogen-bond acceptors (Lipinski definition) is 3. The number of halogens is 4. The number of esters is 1. The van der Waals surface area contributed by atoms with Crippen LogP contribution < -0.4 is 4.74 Å². The molecule has 0 saturated heterocycles. The second-order valence-electron chi connectivity index (χ2n) is 2.60. The Hall–Kier alpha value is -0.880. The molecule has 0 unspecified atom stereocenters. The first-order valence-electron chi connectivity index (χ1n) is 3.98. The molecule has 3 nitrogen and oxygen atoms in total. The lowest BCUT2D eigenvalue weighted by atomic mass is 10.2. The second-order valence-corrected chi connectivity index (χ2v) is 3.86. The van der Waals surface area contributed by atoms with Crippen molar-refractivity contribution in [1.29, 1.82) is 0 Å². The average Bonchev–Trinajstić information content (AvgIpc) is 2.22. The van der Waals surface area contributed by atoms with Gasteiger partial charge < -0.3 is 9.47 Å². The summed E-state index contributed by atoms with van der Waals surface area (Å²) in [4.78, 5) is 11.4. The van der Waals surface area contributed by atoms with E-state index in [1.165, 1.54) is 12.1 Å². The lowest BCUT2D eigenvalue weighted by Gasteiger charge is -2.12. The summed E-state index contributed by atoms with van der Waals surface area (Å²) in [5, 5.41) is -0.0936. The van der Waals surface area contributed by atoms with Crippen LogP contribution in [0.3, 0.4) is 0 Å². The van der Waals surface area contributed by atoms with E-state index in [4.69, 9.17) is 11.6 Å². The maximum Gasteiger partial charge on any atom is 0.387 e. The molecule has 0 atom stereocenters. The minimum absolute atomic E-state index is 0.0936. The molecule has 0 N–H and O–H groups in total. The van der Waals surface area contributed by atoms with Crippen LogP contribution in [0.4, 0.5) is 8.78 Å². The predicted molar refractivity (Wildman–Crippen MR) is 57.1 cm³/mol. The number of ether oxygens (including phenoxy) is 2. The minimum atomic E-state index is -3.07. The monoisotopic (exact) mass is 314 g/mol. The van der Waals surface area contributed by atoms with Crippen LogP contribution in [0, 0.1) is 0 Å². The van der Waals surface area contributed by atoms with Gasteiger partial charge in [0.1, 0.15) is 5.56 Å². The summed E-state index contributed by atoms with van der Waals surface area (Å²) in [5.74, 6) is -1.22. The minimum Gasteiger partial charge on any atom is -0.465 e. The van der Waals surface area contributed by atoms with E-state index in [9.17, 15) is 13.6 Å². The van der Waals surface area contributed by atoms with E-state index in [-0.39, 0.29) is 15.1 Å². The molecule has 0 heterocycles. The third-order valence-electron chi connectivity index (χ3n) is 1.66. The molecule has 1 aromatic carbocycles. The van der Waals surface area contributed by atoms with Crippen LogP contribution in [0.2, 0.25) is 5.02 Å². The van der Waals surface area contributed by atoms with Crippen LogP contribution in [-0.2, 0) is 4.74 Å². The van der Waals surface area contributed by atoms with Crippen molar-refractivity contribution in [2.75, 3.05) is 7.11 Å². The van der Waals surface area contributed by atoms with Crippen LogP contribution in [0.25, 0.3) is 0 Å². The summed E-state index contributed by atoms with van der Waals surface area (Å²) in [5.41, 5.74) is -0.171. The zero-order valence-corrected chi connectivity index (χ0v) is 10.3. The number of rotatable bonds is 3. The number of alkyl halides is 2. The topological polar surface area (TPSA) is 35.5 Å². The number of hydrogen-bond donors (Lipinski definition) is 0. The van der Waals surface area contributed by atoms with Gasteiger partial charge in [-0.2, -0.15) is 8.78 Å². The van der Waals surface area contributed by atoms with Crippen molar-refractivity contribution in [2.45, 2.75) is 6.61 Å². The Morgan fingerprint density at radius 3 is 2.62 bits per heavy atom. The Kier molecular flexibility index (Phi) is 4.49. The molecule has 0 aromatic heterocycles. The molecule has 0 aliphatic rings. The largest absolute Gasteiger partial charge is 0.465 e. The Balaban J connectivity index is 3.31. The fourth-order valence-electron chi connectivity index (χ4n) is 1.03. The molecule has 0 saturated carbocycles. The van der Waals surface area contributed by atoms with E-state index in [0.29, 0.717) is 0 Å². The van der Waals surface area contributed by atoms with Gasteiger partial charge in [-0.15, -0.1) is 0 Å². The van der Waals surface area contributed by atoms with Crippen molar-refractivity contribution in [3.63, 3.8) is 0 Å². The Bertz CT molecular complexity index is 412. The lowest BCUT2D eigenvalue weighted by Crippen LogP contribution is -2.10. The molecule has 7 heteroatoms. The van der Waals surface area contributed by atoms with E-state index in [1.54, 1.807) is 0 Å². The number of benzene rings is 1. The number of carbonyl (C=O) groups is 1. The Morgan fingerprint density at radius 2 is 2.12 bits per heavy atom. The molecule has 0 fully saturated rings. The first-order valence-corrected chi connectivity index (χ1v) is 5.15. The molecule has 0 amide bonds. The summed E-state index contributed by atoms with van der Waals surface area (Å²) < 4.78 is 33.2. The van der Waals surface area contributed by atoms with Gasteiger partial charge in [-0.05, 0) is 28.1 Å². The standard InChI is InChI=1S/C9H6BrClF2O3/c1-15-8(14)6-4(10)2-3-5(11)7(6)16-9(12)13/h2-3,9H,1H3. The third-order valence-corrected chi connectivity index (χ3v) is 2.61. The fraction of sp³-hybridized carbons (Fsp3) is 0.222. The van der Waals surface area contributed by atoms with Crippen LogP contribution in [0.1, 0.15) is 10.4 Å². The SMILES string of the molecule is COC(=O)c1c(Br)ccc(Cl)c1OC(F)F. The van der Waals surface area contributed by atoms with Gasteiger partial charge in [0.25, 0.3) is 0 Å². The smallest absolute Gasteiger partial charge is 0.387 e. The quantitative estimate of drug-likeness (QED) is 0.801. The van der Waals surface area contributed by atoms with Gasteiger partial charge in [0.05, 0.1) is 12.1 Å². The fourth-order valence-corrected chi connectivity index (χ4v) is 1.71. The van der Waals surface area contributed by atoms with Gasteiger partial charge in [-0.3, -0.25) is 0 Å².